The Balaban J connectivity index is 1.15. The molecule has 2 aliphatic heterocycles. The summed E-state index contributed by atoms with van der Waals surface area (Å²) in [7, 11) is 0. The van der Waals surface area contributed by atoms with Gasteiger partial charge in [-0.15, -0.1) is 0 Å². The Labute approximate surface area is 471 Å². The summed E-state index contributed by atoms with van der Waals surface area (Å²) < 4.78 is 5.96. The summed E-state index contributed by atoms with van der Waals surface area (Å²) in [5.74, 6) is 0. The Bertz CT molecular complexity index is 3850. The van der Waals surface area contributed by atoms with Crippen molar-refractivity contribution in [3.63, 3.8) is 0 Å². The SMILES string of the molecule is CC(C)(C)c1ccc(N(c2ccc3c(c2)[Se]c2cc(-c4ccccc4-c4ccccc4)cc4c2B3c2[se]c3ccc(C(C)(C)C)cc3c2N4c2cc(C(C)(C)C)cc(C(C)(C)C)c2)c2ccccc2-c2ccccc2)cc1. The summed E-state index contributed by atoms with van der Waals surface area (Å²) in [4.78, 5) is 5.27. The van der Waals surface area contributed by atoms with Gasteiger partial charge in [-0.3, -0.25) is 0 Å². The molecule has 0 spiro atoms. The molecule has 10 aromatic rings. The number of anilines is 6. The number of fused-ring (bicyclic) bond motifs is 6. The first-order valence-electron chi connectivity index (χ1n) is 27.4. The van der Waals surface area contributed by atoms with Crippen LogP contribution < -0.4 is 34.0 Å². The fraction of sp³-hybridized carbons (Fsp3) is 0.222. The molecule has 0 aliphatic carbocycles. The van der Waals surface area contributed by atoms with E-state index in [0.717, 1.165) is 5.69 Å². The summed E-state index contributed by atoms with van der Waals surface area (Å²) in [6, 6.07) is 77.0. The van der Waals surface area contributed by atoms with E-state index in [0.29, 0.717) is 0 Å². The van der Waals surface area contributed by atoms with E-state index in [9.17, 15) is 0 Å². The van der Waals surface area contributed by atoms with Crippen LogP contribution in [0.5, 0.6) is 0 Å². The third-order valence-corrected chi connectivity index (χ3v) is 20.9. The number of hydrogen-bond acceptors (Lipinski definition) is 2. The van der Waals surface area contributed by atoms with Gasteiger partial charge in [0.05, 0.1) is 0 Å². The molecule has 0 unspecified atom stereocenters. The van der Waals surface area contributed by atoms with Crippen molar-refractivity contribution in [1.29, 1.82) is 0 Å². The van der Waals surface area contributed by atoms with E-state index in [1.807, 2.05) is 0 Å². The Morgan fingerprint density at radius 2 is 0.948 bits per heavy atom. The average molecular weight is 1130 g/mol. The first kappa shape index (κ1) is 51.2. The van der Waals surface area contributed by atoms with E-state index < -0.39 is 0 Å². The predicted octanol–water partition coefficient (Wildman–Crippen LogP) is 15.8. The standard InChI is InChI=1S/C72H69BN2Se2/c1-69(2,3)49-31-34-53(35-32-49)74(61-30-22-21-29-58(61)47-25-17-14-18-26-47)54-36-37-60-64(45-54)76-65-40-48(57-28-20-19-27-56(57)46-23-15-13-16-24-46)39-62-66(65)73(60)68-67(59-44-50(70(4,5)6)33-38-63(59)77-68)75(62)55-42-51(71(7,8)9)41-52(43-55)72(10,11)12/h13-45H,1-12H3. The Kier molecular flexibility index (Phi) is 12.7. The second-order valence-electron chi connectivity index (χ2n) is 25.5. The molecule has 9 aromatic carbocycles. The van der Waals surface area contributed by atoms with Crippen molar-refractivity contribution >= 4 is 104 Å². The molecule has 1 aromatic heterocycles. The molecular formula is C72H69BN2Se2. The van der Waals surface area contributed by atoms with Crippen molar-refractivity contribution < 1.29 is 0 Å². The fourth-order valence-electron chi connectivity index (χ4n) is 11.5. The van der Waals surface area contributed by atoms with E-state index >= 15 is 0 Å². The summed E-state index contributed by atoms with van der Waals surface area (Å²) in [6.45, 7) is 28.3. The molecule has 77 heavy (non-hydrogen) atoms. The first-order chi connectivity index (χ1) is 36.7. The molecule has 5 heteroatoms. The summed E-state index contributed by atoms with van der Waals surface area (Å²) in [5, 5.41) is 1.39. The molecule has 382 valence electrons. The normalized spacial score (nSPS) is 13.4. The number of benzene rings is 9. The van der Waals surface area contributed by atoms with Crippen LogP contribution in [0.15, 0.2) is 200 Å². The van der Waals surface area contributed by atoms with E-state index in [2.05, 4.69) is 293 Å². The third-order valence-electron chi connectivity index (χ3n) is 15.9. The van der Waals surface area contributed by atoms with Crippen molar-refractivity contribution in [2.24, 2.45) is 0 Å². The van der Waals surface area contributed by atoms with Crippen LogP contribution in [0.25, 0.3) is 43.0 Å². The molecule has 0 bridgehead atoms. The molecule has 0 amide bonds. The van der Waals surface area contributed by atoms with Crippen LogP contribution >= 0.6 is 0 Å². The van der Waals surface area contributed by atoms with Crippen LogP contribution in [0.4, 0.5) is 34.1 Å². The number of para-hydroxylation sites is 1. The van der Waals surface area contributed by atoms with Gasteiger partial charge >= 0.3 is 474 Å². The summed E-state index contributed by atoms with van der Waals surface area (Å²) in [5.41, 5.74) is 23.2. The zero-order valence-electron chi connectivity index (χ0n) is 46.8. The Hall–Kier alpha value is -6.58. The number of nitrogens with zero attached hydrogens (tertiary/aromatic N) is 2. The van der Waals surface area contributed by atoms with Crippen LogP contribution in [0, 0.1) is 0 Å². The average Bonchev–Trinajstić information content (AvgIpc) is 4.09. The third kappa shape index (κ3) is 9.38. The minimum atomic E-state index is -0.0533. The monoisotopic (exact) mass is 1130 g/mol. The molecule has 0 N–H and O–H groups in total. The second kappa shape index (κ2) is 19.1. The summed E-state index contributed by atoms with van der Waals surface area (Å²) >= 11 is 0.0531. The van der Waals surface area contributed by atoms with Crippen molar-refractivity contribution in [3.8, 4) is 33.4 Å². The van der Waals surface area contributed by atoms with Gasteiger partial charge in [0.2, 0.25) is 0 Å². The van der Waals surface area contributed by atoms with E-state index in [1.165, 1.54) is 114 Å². The molecule has 2 nitrogen and oxygen atoms in total. The fourth-order valence-corrected chi connectivity index (χ4v) is 16.9. The van der Waals surface area contributed by atoms with Crippen molar-refractivity contribution in [2.75, 3.05) is 9.80 Å². The zero-order chi connectivity index (χ0) is 53.8. The van der Waals surface area contributed by atoms with Gasteiger partial charge in [0.25, 0.3) is 0 Å². The molecule has 0 radical (unpaired) electrons. The molecule has 0 atom stereocenters. The van der Waals surface area contributed by atoms with Gasteiger partial charge in [0.1, 0.15) is 0 Å². The second-order valence-corrected chi connectivity index (χ2v) is 30.0. The Morgan fingerprint density at radius 3 is 1.56 bits per heavy atom. The van der Waals surface area contributed by atoms with Crippen LogP contribution in [0.2, 0.25) is 0 Å². The van der Waals surface area contributed by atoms with Gasteiger partial charge in [0, 0.05) is 0 Å². The van der Waals surface area contributed by atoms with Crippen molar-refractivity contribution in [2.45, 2.75) is 105 Å². The van der Waals surface area contributed by atoms with Gasteiger partial charge in [0.15, 0.2) is 0 Å². The van der Waals surface area contributed by atoms with Gasteiger partial charge in [-0.1, -0.05) is 0 Å². The van der Waals surface area contributed by atoms with E-state index in [1.54, 1.807) is 4.34 Å². The van der Waals surface area contributed by atoms with E-state index in [4.69, 9.17) is 0 Å². The van der Waals surface area contributed by atoms with Gasteiger partial charge < -0.3 is 0 Å². The van der Waals surface area contributed by atoms with Crippen LogP contribution in [-0.4, -0.2) is 36.2 Å². The Morgan fingerprint density at radius 1 is 0.416 bits per heavy atom. The van der Waals surface area contributed by atoms with Crippen molar-refractivity contribution in [3.05, 3.63) is 222 Å². The maximum atomic E-state index is 2.75. The van der Waals surface area contributed by atoms with Crippen LogP contribution in [0.3, 0.4) is 0 Å². The molecule has 0 fully saturated rings. The summed E-state index contributed by atoms with van der Waals surface area (Å²) in [6.07, 6.45) is 0. The van der Waals surface area contributed by atoms with Crippen molar-refractivity contribution in [1.82, 2.24) is 0 Å². The van der Waals surface area contributed by atoms with E-state index in [-0.39, 0.29) is 57.8 Å². The minimum absolute atomic E-state index is 0.00970. The predicted molar refractivity (Wildman–Crippen MR) is 337 cm³/mol. The number of hydrogen-bond donors (Lipinski definition) is 0. The zero-order valence-corrected chi connectivity index (χ0v) is 50.3. The topological polar surface area (TPSA) is 6.48 Å². The molecule has 0 saturated carbocycles. The molecule has 3 heterocycles. The van der Waals surface area contributed by atoms with Gasteiger partial charge in [-0.2, -0.15) is 0 Å². The number of rotatable bonds is 7. The maximum absolute atomic E-state index is 2.75. The van der Waals surface area contributed by atoms with Gasteiger partial charge in [-0.05, 0) is 0 Å². The van der Waals surface area contributed by atoms with Gasteiger partial charge in [-0.25, -0.2) is 0 Å². The molecule has 2 aliphatic rings. The van der Waals surface area contributed by atoms with Crippen LogP contribution in [-0.2, 0) is 21.7 Å². The molecule has 0 saturated heterocycles. The first-order valence-corrected chi connectivity index (χ1v) is 30.9. The van der Waals surface area contributed by atoms with Crippen LogP contribution in [0.1, 0.15) is 105 Å². The molecule has 12 rings (SSSR count). The quantitative estimate of drug-likeness (QED) is 0.147. The molecular weight excluding hydrogens is 1060 g/mol.